The average Bonchev–Trinajstić information content (AvgIpc) is 2.71. The Balaban J connectivity index is 2.02. The summed E-state index contributed by atoms with van der Waals surface area (Å²) in [6.07, 6.45) is 0.951. The molecule has 4 nitrogen and oxygen atoms in total. The molecular weight excluding hydrogens is 216 g/mol. The van der Waals surface area contributed by atoms with Gasteiger partial charge in [-0.3, -0.25) is 4.79 Å². The van der Waals surface area contributed by atoms with Crippen LogP contribution in [0.3, 0.4) is 0 Å². The van der Waals surface area contributed by atoms with Gasteiger partial charge >= 0.3 is 0 Å². The first-order valence-corrected chi connectivity index (χ1v) is 5.87. The van der Waals surface area contributed by atoms with Crippen molar-refractivity contribution in [2.45, 2.75) is 19.3 Å². The van der Waals surface area contributed by atoms with Gasteiger partial charge in [0.1, 0.15) is 5.75 Å². The number of carbonyl (C=O) groups excluding carboxylic acids is 1. The molecule has 2 rings (SSSR count). The van der Waals surface area contributed by atoms with Crippen LogP contribution in [0.2, 0.25) is 0 Å². The van der Waals surface area contributed by atoms with Crippen LogP contribution < -0.4 is 15.4 Å². The molecule has 0 aliphatic carbocycles. The topological polar surface area (TPSA) is 50.4 Å². The van der Waals surface area contributed by atoms with E-state index < -0.39 is 0 Å². The van der Waals surface area contributed by atoms with Crippen LogP contribution in [0.4, 0.5) is 5.69 Å². The summed E-state index contributed by atoms with van der Waals surface area (Å²) in [6, 6.07) is 6.09. The van der Waals surface area contributed by atoms with Gasteiger partial charge in [0, 0.05) is 31.6 Å². The van der Waals surface area contributed by atoms with Gasteiger partial charge in [0.05, 0.1) is 7.11 Å². The Bertz CT molecular complexity index is 418. The number of fused-ring (bicyclic) bond motifs is 1. The summed E-state index contributed by atoms with van der Waals surface area (Å²) in [5.41, 5.74) is 2.47. The Labute approximate surface area is 101 Å². The molecule has 1 aromatic rings. The normalized spacial score (nSPS) is 17.2. The van der Waals surface area contributed by atoms with Crippen molar-refractivity contribution >= 4 is 11.6 Å². The Morgan fingerprint density at radius 1 is 1.59 bits per heavy atom. The number of carbonyl (C=O) groups is 1. The van der Waals surface area contributed by atoms with Crippen molar-refractivity contribution < 1.29 is 9.53 Å². The van der Waals surface area contributed by atoms with E-state index >= 15 is 0 Å². The Hall–Kier alpha value is -1.71. The second-order valence-electron chi connectivity index (χ2n) is 4.30. The maximum Gasteiger partial charge on any atom is 0.216 e. The van der Waals surface area contributed by atoms with Gasteiger partial charge in [-0.05, 0) is 30.2 Å². The van der Waals surface area contributed by atoms with Crippen molar-refractivity contribution in [3.05, 3.63) is 23.8 Å². The van der Waals surface area contributed by atoms with Crippen LogP contribution in [0.5, 0.6) is 5.75 Å². The molecule has 1 atom stereocenters. The Kier molecular flexibility index (Phi) is 3.52. The molecule has 0 fully saturated rings. The third-order valence-electron chi connectivity index (χ3n) is 3.10. The van der Waals surface area contributed by atoms with Crippen LogP contribution in [0, 0.1) is 0 Å². The summed E-state index contributed by atoms with van der Waals surface area (Å²) in [4.78, 5) is 10.8. The van der Waals surface area contributed by atoms with E-state index in [9.17, 15) is 4.79 Å². The van der Waals surface area contributed by atoms with Gasteiger partial charge in [0.2, 0.25) is 5.91 Å². The van der Waals surface area contributed by atoms with Gasteiger partial charge in [0.25, 0.3) is 0 Å². The number of hydrogen-bond donors (Lipinski definition) is 2. The lowest BCUT2D eigenvalue weighted by Gasteiger charge is -2.11. The molecule has 1 heterocycles. The maximum atomic E-state index is 10.8. The molecule has 0 saturated heterocycles. The van der Waals surface area contributed by atoms with Crippen molar-refractivity contribution in [1.82, 2.24) is 5.32 Å². The molecule has 2 N–H and O–H groups in total. The summed E-state index contributed by atoms with van der Waals surface area (Å²) < 4.78 is 5.23. The number of ether oxygens (including phenoxy) is 1. The summed E-state index contributed by atoms with van der Waals surface area (Å²) in [5.74, 6) is 1.37. The first-order valence-electron chi connectivity index (χ1n) is 5.87. The molecule has 1 aliphatic rings. The summed E-state index contributed by atoms with van der Waals surface area (Å²) in [5, 5.41) is 6.21. The molecule has 0 bridgehead atoms. The van der Waals surface area contributed by atoms with Crippen LogP contribution in [0.25, 0.3) is 0 Å². The molecule has 0 spiro atoms. The van der Waals surface area contributed by atoms with Crippen LogP contribution in [-0.2, 0) is 4.79 Å². The minimum Gasteiger partial charge on any atom is -0.497 e. The number of amides is 1. The van der Waals surface area contributed by atoms with Gasteiger partial charge in [-0.2, -0.15) is 0 Å². The third-order valence-corrected chi connectivity index (χ3v) is 3.10. The van der Waals surface area contributed by atoms with Crippen molar-refractivity contribution in [3.63, 3.8) is 0 Å². The zero-order valence-corrected chi connectivity index (χ0v) is 10.2. The third kappa shape index (κ3) is 2.70. The zero-order chi connectivity index (χ0) is 12.3. The standard InChI is InChI=1S/C13H18N2O2/c1-9(16)14-6-5-10-8-15-13-4-3-11(17-2)7-12(10)13/h3-4,7,10,15H,5-6,8H2,1-2H3,(H,14,16). The van der Waals surface area contributed by atoms with Gasteiger partial charge in [0.15, 0.2) is 0 Å². The van der Waals surface area contributed by atoms with Crippen LogP contribution in [-0.4, -0.2) is 26.1 Å². The molecule has 4 heteroatoms. The van der Waals surface area contributed by atoms with E-state index in [4.69, 9.17) is 4.74 Å². The van der Waals surface area contributed by atoms with E-state index in [1.54, 1.807) is 14.0 Å². The molecule has 0 aromatic heterocycles. The summed E-state index contributed by atoms with van der Waals surface area (Å²) in [6.45, 7) is 3.20. The molecule has 0 saturated carbocycles. The second kappa shape index (κ2) is 5.08. The van der Waals surface area contributed by atoms with Crippen LogP contribution in [0.1, 0.15) is 24.8 Å². The monoisotopic (exact) mass is 234 g/mol. The van der Waals surface area contributed by atoms with Crippen molar-refractivity contribution in [2.75, 3.05) is 25.5 Å². The van der Waals surface area contributed by atoms with Gasteiger partial charge in [-0.15, -0.1) is 0 Å². The molecule has 92 valence electrons. The number of rotatable bonds is 4. The average molecular weight is 234 g/mol. The number of hydrogen-bond acceptors (Lipinski definition) is 3. The smallest absolute Gasteiger partial charge is 0.216 e. The molecule has 0 radical (unpaired) electrons. The van der Waals surface area contributed by atoms with E-state index in [-0.39, 0.29) is 5.91 Å². The van der Waals surface area contributed by atoms with Crippen molar-refractivity contribution in [1.29, 1.82) is 0 Å². The number of methoxy groups -OCH3 is 1. The lowest BCUT2D eigenvalue weighted by atomic mass is 9.97. The fraction of sp³-hybridized carbons (Fsp3) is 0.462. The molecule has 17 heavy (non-hydrogen) atoms. The van der Waals surface area contributed by atoms with Crippen molar-refractivity contribution in [3.8, 4) is 5.75 Å². The highest BCUT2D eigenvalue weighted by molar-refractivity contribution is 5.72. The number of anilines is 1. The summed E-state index contributed by atoms with van der Waals surface area (Å²) in [7, 11) is 1.68. The second-order valence-corrected chi connectivity index (χ2v) is 4.30. The predicted octanol–water partition coefficient (Wildman–Crippen LogP) is 1.73. The minimum absolute atomic E-state index is 0.0295. The first-order chi connectivity index (χ1) is 8.20. The van der Waals surface area contributed by atoms with E-state index in [1.807, 2.05) is 12.1 Å². The zero-order valence-electron chi connectivity index (χ0n) is 10.2. The summed E-state index contributed by atoms with van der Waals surface area (Å²) >= 11 is 0. The molecule has 1 amide bonds. The molecule has 1 unspecified atom stereocenters. The van der Waals surface area contributed by atoms with Gasteiger partial charge in [-0.1, -0.05) is 0 Å². The number of nitrogens with one attached hydrogen (secondary N) is 2. The maximum absolute atomic E-state index is 10.8. The predicted molar refractivity (Wildman–Crippen MR) is 67.5 cm³/mol. The molecule has 1 aliphatic heterocycles. The first kappa shape index (κ1) is 11.8. The van der Waals surface area contributed by atoms with E-state index in [0.717, 1.165) is 25.3 Å². The molecule has 1 aromatic carbocycles. The van der Waals surface area contributed by atoms with E-state index in [2.05, 4.69) is 16.7 Å². The highest BCUT2D eigenvalue weighted by atomic mass is 16.5. The van der Waals surface area contributed by atoms with Crippen LogP contribution in [0.15, 0.2) is 18.2 Å². The lowest BCUT2D eigenvalue weighted by molar-refractivity contribution is -0.118. The lowest BCUT2D eigenvalue weighted by Crippen LogP contribution is -2.22. The van der Waals surface area contributed by atoms with Crippen LogP contribution >= 0.6 is 0 Å². The SMILES string of the molecule is COc1ccc2c(c1)C(CCNC(C)=O)CN2. The Morgan fingerprint density at radius 3 is 3.12 bits per heavy atom. The van der Waals surface area contributed by atoms with Crippen molar-refractivity contribution in [2.24, 2.45) is 0 Å². The van der Waals surface area contributed by atoms with Gasteiger partial charge < -0.3 is 15.4 Å². The quantitative estimate of drug-likeness (QED) is 0.834. The highest BCUT2D eigenvalue weighted by Crippen LogP contribution is 2.35. The fourth-order valence-electron chi connectivity index (χ4n) is 2.19. The largest absolute Gasteiger partial charge is 0.497 e. The Morgan fingerprint density at radius 2 is 2.41 bits per heavy atom. The van der Waals surface area contributed by atoms with E-state index in [0.29, 0.717) is 5.92 Å². The number of benzene rings is 1. The fourth-order valence-corrected chi connectivity index (χ4v) is 2.19. The van der Waals surface area contributed by atoms with Gasteiger partial charge in [-0.25, -0.2) is 0 Å². The molecular formula is C13H18N2O2. The minimum atomic E-state index is 0.0295. The van der Waals surface area contributed by atoms with E-state index in [1.165, 1.54) is 11.3 Å². The highest BCUT2D eigenvalue weighted by Gasteiger charge is 2.22.